The van der Waals surface area contributed by atoms with E-state index in [-0.39, 0.29) is 38.6 Å². The Balaban J connectivity index is 3.98. The highest BCUT2D eigenvalue weighted by atomic mass is 31.2. The van der Waals surface area contributed by atoms with E-state index in [1.165, 1.54) is 135 Å². The summed E-state index contributed by atoms with van der Waals surface area (Å²) in [5, 5.41) is 0. The van der Waals surface area contributed by atoms with Crippen molar-refractivity contribution in [1.82, 2.24) is 0 Å². The van der Waals surface area contributed by atoms with Crippen LogP contribution in [0.5, 0.6) is 0 Å². The number of carbonyl (C=O) groups excluding carboxylic acids is 2. The Labute approximate surface area is 363 Å². The summed E-state index contributed by atoms with van der Waals surface area (Å²) in [4.78, 5) is 34.9. The summed E-state index contributed by atoms with van der Waals surface area (Å²) >= 11 is 0. The van der Waals surface area contributed by atoms with Crippen molar-refractivity contribution in [3.05, 3.63) is 36.5 Å². The van der Waals surface area contributed by atoms with E-state index in [4.69, 9.17) is 24.3 Å². The standard InChI is InChI=1S/C49H92NO8P/c1-3-5-7-9-11-13-15-17-18-19-20-21-22-23-24-25-26-27-28-30-31-33-35-37-39-41-48(51)55-45-47(46-57-59(53,54)56-44-43-50)58-49(52)42-40-38-36-34-32-29-16-14-12-10-8-6-4-2/h8,10,14,16,19-20,47H,3-7,9,11-13,15,17-18,21-46,50H2,1-2H3,(H,53,54)/b10-8-,16-14-,20-19-. The highest BCUT2D eigenvalue weighted by Crippen LogP contribution is 2.43. The van der Waals surface area contributed by atoms with Crippen LogP contribution in [0, 0.1) is 0 Å². The van der Waals surface area contributed by atoms with E-state index >= 15 is 0 Å². The zero-order chi connectivity index (χ0) is 43.2. The fourth-order valence-electron chi connectivity index (χ4n) is 6.84. The molecule has 10 heteroatoms. The number of carbonyl (C=O) groups is 2. The number of nitrogens with two attached hydrogens (primary N) is 1. The molecule has 2 unspecified atom stereocenters. The molecule has 0 bridgehead atoms. The second-order valence-corrected chi connectivity index (χ2v) is 17.8. The summed E-state index contributed by atoms with van der Waals surface area (Å²) in [6.07, 6.45) is 51.9. The quantitative estimate of drug-likeness (QED) is 0.0265. The number of hydrogen-bond acceptors (Lipinski definition) is 8. The molecule has 0 aromatic carbocycles. The lowest BCUT2D eigenvalue weighted by Gasteiger charge is -2.19. The van der Waals surface area contributed by atoms with E-state index in [1.54, 1.807) is 0 Å². The zero-order valence-electron chi connectivity index (χ0n) is 38.2. The van der Waals surface area contributed by atoms with E-state index in [0.29, 0.717) is 6.42 Å². The summed E-state index contributed by atoms with van der Waals surface area (Å²) in [6, 6.07) is 0. The molecule has 9 nitrogen and oxygen atoms in total. The van der Waals surface area contributed by atoms with E-state index in [0.717, 1.165) is 64.2 Å². The molecule has 0 aliphatic carbocycles. The summed E-state index contributed by atoms with van der Waals surface area (Å²) in [5.41, 5.74) is 5.35. The number of unbranched alkanes of at least 4 members (excludes halogenated alkanes) is 27. The van der Waals surface area contributed by atoms with Crippen molar-refractivity contribution in [2.24, 2.45) is 5.73 Å². The fourth-order valence-corrected chi connectivity index (χ4v) is 7.61. The predicted molar refractivity (Wildman–Crippen MR) is 247 cm³/mol. The molecule has 0 saturated heterocycles. The van der Waals surface area contributed by atoms with Gasteiger partial charge in [-0.25, -0.2) is 4.57 Å². The molecule has 59 heavy (non-hydrogen) atoms. The van der Waals surface area contributed by atoms with Crippen LogP contribution in [-0.2, 0) is 32.7 Å². The number of phosphoric acid groups is 1. The van der Waals surface area contributed by atoms with Crippen LogP contribution in [0.2, 0.25) is 0 Å². The summed E-state index contributed by atoms with van der Waals surface area (Å²) < 4.78 is 32.8. The first kappa shape index (κ1) is 57.2. The van der Waals surface area contributed by atoms with Crippen molar-refractivity contribution >= 4 is 19.8 Å². The summed E-state index contributed by atoms with van der Waals surface area (Å²) in [7, 11) is -4.38. The predicted octanol–water partition coefficient (Wildman–Crippen LogP) is 14.5. The van der Waals surface area contributed by atoms with Crippen molar-refractivity contribution in [1.29, 1.82) is 0 Å². The lowest BCUT2D eigenvalue weighted by molar-refractivity contribution is -0.161. The van der Waals surface area contributed by atoms with Gasteiger partial charge in [0.1, 0.15) is 6.61 Å². The molecular formula is C49H92NO8P. The van der Waals surface area contributed by atoms with Crippen LogP contribution in [0.25, 0.3) is 0 Å². The lowest BCUT2D eigenvalue weighted by atomic mass is 10.0. The zero-order valence-corrected chi connectivity index (χ0v) is 39.1. The SMILES string of the molecule is CCC/C=C\C/C=C\CCCCCCCC(=O)OC(COC(=O)CCCCCCCCCCCCCCC/C=C\CCCCCCCCCC)COP(=O)(O)OCCN. The van der Waals surface area contributed by atoms with Gasteiger partial charge in [-0.1, -0.05) is 192 Å². The minimum Gasteiger partial charge on any atom is -0.462 e. The molecule has 3 N–H and O–H groups in total. The topological polar surface area (TPSA) is 134 Å². The van der Waals surface area contributed by atoms with Crippen molar-refractivity contribution in [2.75, 3.05) is 26.4 Å². The Kier molecular flexibility index (Phi) is 44.4. The third-order valence-electron chi connectivity index (χ3n) is 10.5. The first-order valence-corrected chi connectivity index (χ1v) is 26.0. The summed E-state index contributed by atoms with van der Waals surface area (Å²) in [6.45, 7) is 3.67. The number of rotatable bonds is 46. The van der Waals surface area contributed by atoms with Gasteiger partial charge in [-0.05, 0) is 64.2 Å². The molecule has 0 aliphatic rings. The molecule has 2 atom stereocenters. The monoisotopic (exact) mass is 854 g/mol. The van der Waals surface area contributed by atoms with Crippen LogP contribution in [0.15, 0.2) is 36.5 Å². The smallest absolute Gasteiger partial charge is 0.462 e. The molecule has 0 aromatic heterocycles. The van der Waals surface area contributed by atoms with Gasteiger partial charge >= 0.3 is 19.8 Å². The van der Waals surface area contributed by atoms with E-state index in [1.807, 2.05) is 0 Å². The molecule has 0 radical (unpaired) electrons. The highest BCUT2D eigenvalue weighted by Gasteiger charge is 2.26. The Morgan fingerprint density at radius 1 is 0.508 bits per heavy atom. The van der Waals surface area contributed by atoms with Gasteiger partial charge in [-0.15, -0.1) is 0 Å². The van der Waals surface area contributed by atoms with E-state index < -0.39 is 26.5 Å². The second-order valence-electron chi connectivity index (χ2n) is 16.3. The number of esters is 2. The number of phosphoric ester groups is 1. The normalized spacial score (nSPS) is 13.5. The first-order chi connectivity index (χ1) is 28.8. The van der Waals surface area contributed by atoms with Gasteiger partial charge in [0.05, 0.1) is 13.2 Å². The summed E-state index contributed by atoms with van der Waals surface area (Å²) in [5.74, 6) is -0.839. The maximum Gasteiger partial charge on any atom is 0.472 e. The minimum atomic E-state index is -4.38. The maximum absolute atomic E-state index is 12.6. The highest BCUT2D eigenvalue weighted by molar-refractivity contribution is 7.47. The third-order valence-corrected chi connectivity index (χ3v) is 11.5. The molecular weight excluding hydrogens is 762 g/mol. The Hall–Kier alpha value is -1.77. The molecule has 0 spiro atoms. The van der Waals surface area contributed by atoms with Crippen LogP contribution >= 0.6 is 7.82 Å². The molecule has 0 rings (SSSR count). The molecule has 0 aromatic rings. The number of allylic oxidation sites excluding steroid dienone is 6. The van der Waals surface area contributed by atoms with Crippen LogP contribution in [0.1, 0.15) is 232 Å². The molecule has 0 heterocycles. The van der Waals surface area contributed by atoms with Gasteiger partial charge < -0.3 is 20.1 Å². The van der Waals surface area contributed by atoms with Gasteiger partial charge in [0.25, 0.3) is 0 Å². The van der Waals surface area contributed by atoms with Crippen molar-refractivity contribution in [2.45, 2.75) is 238 Å². The molecule has 0 aliphatic heterocycles. The largest absolute Gasteiger partial charge is 0.472 e. The Morgan fingerprint density at radius 3 is 1.37 bits per heavy atom. The lowest BCUT2D eigenvalue weighted by Crippen LogP contribution is -2.29. The molecule has 0 amide bonds. The Morgan fingerprint density at radius 2 is 0.915 bits per heavy atom. The van der Waals surface area contributed by atoms with Gasteiger partial charge in [0.15, 0.2) is 6.10 Å². The van der Waals surface area contributed by atoms with E-state index in [9.17, 15) is 19.0 Å². The number of ether oxygens (including phenoxy) is 2. The second kappa shape index (κ2) is 45.7. The van der Waals surface area contributed by atoms with Crippen LogP contribution < -0.4 is 5.73 Å². The van der Waals surface area contributed by atoms with Gasteiger partial charge in [-0.3, -0.25) is 18.6 Å². The first-order valence-electron chi connectivity index (χ1n) is 24.5. The van der Waals surface area contributed by atoms with Gasteiger partial charge in [-0.2, -0.15) is 0 Å². The van der Waals surface area contributed by atoms with E-state index in [2.05, 4.69) is 50.3 Å². The molecule has 0 fully saturated rings. The van der Waals surface area contributed by atoms with Gasteiger partial charge in [0, 0.05) is 19.4 Å². The van der Waals surface area contributed by atoms with Crippen molar-refractivity contribution < 1.29 is 37.6 Å². The molecule has 346 valence electrons. The van der Waals surface area contributed by atoms with Crippen LogP contribution in [-0.4, -0.2) is 49.3 Å². The van der Waals surface area contributed by atoms with Gasteiger partial charge in [0.2, 0.25) is 0 Å². The fraction of sp³-hybridized carbons (Fsp3) is 0.837. The van der Waals surface area contributed by atoms with Crippen LogP contribution in [0.3, 0.4) is 0 Å². The maximum atomic E-state index is 12.6. The molecule has 0 saturated carbocycles. The Bertz CT molecular complexity index is 1060. The minimum absolute atomic E-state index is 0.0511. The third kappa shape index (κ3) is 45.6. The average molecular weight is 854 g/mol. The van der Waals surface area contributed by atoms with Crippen molar-refractivity contribution in [3.8, 4) is 0 Å². The van der Waals surface area contributed by atoms with Crippen LogP contribution in [0.4, 0.5) is 0 Å². The number of hydrogen-bond donors (Lipinski definition) is 2. The van der Waals surface area contributed by atoms with Crippen molar-refractivity contribution in [3.63, 3.8) is 0 Å². The average Bonchev–Trinajstić information content (AvgIpc) is 3.22.